The lowest BCUT2D eigenvalue weighted by Crippen LogP contribution is -2.42. The van der Waals surface area contributed by atoms with Gasteiger partial charge in [-0.15, -0.1) is 0 Å². The highest BCUT2D eigenvalue weighted by atomic mass is 15.1. The second kappa shape index (κ2) is 6.91. The van der Waals surface area contributed by atoms with Crippen molar-refractivity contribution in [2.24, 2.45) is 5.92 Å². The van der Waals surface area contributed by atoms with Crippen molar-refractivity contribution in [3.05, 3.63) is 35.4 Å². The van der Waals surface area contributed by atoms with Crippen LogP contribution >= 0.6 is 0 Å². The summed E-state index contributed by atoms with van der Waals surface area (Å²) in [7, 11) is 4.32. The molecular formula is C16H28N2. The molecule has 0 heterocycles. The minimum absolute atomic E-state index is 0.410. The van der Waals surface area contributed by atoms with Crippen LogP contribution in [0.2, 0.25) is 0 Å². The fourth-order valence-corrected chi connectivity index (χ4v) is 2.49. The monoisotopic (exact) mass is 248 g/mol. The van der Waals surface area contributed by atoms with Crippen LogP contribution in [0, 0.1) is 12.8 Å². The van der Waals surface area contributed by atoms with Gasteiger partial charge in [0.2, 0.25) is 0 Å². The second-order valence-corrected chi connectivity index (χ2v) is 5.76. The lowest BCUT2D eigenvalue weighted by molar-refractivity contribution is 0.220. The topological polar surface area (TPSA) is 15.3 Å². The van der Waals surface area contributed by atoms with Crippen LogP contribution in [0.1, 0.15) is 37.9 Å². The predicted octanol–water partition coefficient (Wildman–Crippen LogP) is 3.23. The summed E-state index contributed by atoms with van der Waals surface area (Å²) in [6, 6.07) is 9.60. The molecule has 0 amide bonds. The number of nitrogens with one attached hydrogen (secondary N) is 1. The van der Waals surface area contributed by atoms with Gasteiger partial charge >= 0.3 is 0 Å². The molecule has 1 rings (SSSR count). The summed E-state index contributed by atoms with van der Waals surface area (Å²) in [5, 5.41) is 3.66. The van der Waals surface area contributed by atoms with Gasteiger partial charge in [0.05, 0.1) is 0 Å². The fraction of sp³-hybridized carbons (Fsp3) is 0.625. The summed E-state index contributed by atoms with van der Waals surface area (Å²) < 4.78 is 0. The number of nitrogens with zero attached hydrogens (tertiary/aromatic N) is 1. The first-order chi connectivity index (χ1) is 8.43. The average Bonchev–Trinajstić information content (AvgIpc) is 2.28. The number of hydrogen-bond donors (Lipinski definition) is 1. The Bertz CT molecular complexity index is 350. The van der Waals surface area contributed by atoms with Crippen molar-refractivity contribution in [2.75, 3.05) is 20.6 Å². The zero-order valence-electron chi connectivity index (χ0n) is 12.7. The zero-order valence-corrected chi connectivity index (χ0v) is 12.7. The van der Waals surface area contributed by atoms with Crippen LogP contribution in [0.25, 0.3) is 0 Å². The molecule has 0 radical (unpaired) electrons. The summed E-state index contributed by atoms with van der Waals surface area (Å²) in [4.78, 5) is 2.31. The Morgan fingerprint density at radius 3 is 2.22 bits per heavy atom. The molecule has 0 spiro atoms. The third kappa shape index (κ3) is 4.11. The Morgan fingerprint density at radius 1 is 1.11 bits per heavy atom. The Morgan fingerprint density at radius 2 is 1.72 bits per heavy atom. The summed E-state index contributed by atoms with van der Waals surface area (Å²) in [5.74, 6) is 0.663. The highest BCUT2D eigenvalue weighted by Gasteiger charge is 2.17. The van der Waals surface area contributed by atoms with Crippen LogP contribution in [0.4, 0.5) is 0 Å². The van der Waals surface area contributed by atoms with Crippen molar-refractivity contribution in [3.63, 3.8) is 0 Å². The molecule has 2 nitrogen and oxygen atoms in total. The molecular weight excluding hydrogens is 220 g/mol. The lowest BCUT2D eigenvalue weighted by atomic mass is 10.00. The first kappa shape index (κ1) is 15.2. The van der Waals surface area contributed by atoms with E-state index in [2.05, 4.69) is 76.3 Å². The minimum Gasteiger partial charge on any atom is -0.309 e. The van der Waals surface area contributed by atoms with E-state index in [-0.39, 0.29) is 0 Å². The molecule has 18 heavy (non-hydrogen) atoms. The van der Waals surface area contributed by atoms with Gasteiger partial charge in [0, 0.05) is 18.6 Å². The zero-order chi connectivity index (χ0) is 13.7. The number of benzene rings is 1. The third-order valence-electron chi connectivity index (χ3n) is 3.72. The van der Waals surface area contributed by atoms with Gasteiger partial charge in [-0.05, 0) is 45.0 Å². The Balaban J connectivity index is 2.60. The predicted molar refractivity (Wildman–Crippen MR) is 79.9 cm³/mol. The van der Waals surface area contributed by atoms with Gasteiger partial charge in [0.25, 0.3) is 0 Å². The first-order valence-electron chi connectivity index (χ1n) is 6.88. The highest BCUT2D eigenvalue weighted by molar-refractivity contribution is 5.28. The van der Waals surface area contributed by atoms with E-state index in [1.165, 1.54) is 11.1 Å². The van der Waals surface area contributed by atoms with Gasteiger partial charge in [0.15, 0.2) is 0 Å². The molecule has 2 atom stereocenters. The highest BCUT2D eigenvalue weighted by Crippen LogP contribution is 2.17. The fourth-order valence-electron chi connectivity index (χ4n) is 2.49. The largest absolute Gasteiger partial charge is 0.309 e. The van der Waals surface area contributed by atoms with Gasteiger partial charge in [-0.2, -0.15) is 0 Å². The number of aryl methyl sites for hydroxylation is 1. The average molecular weight is 248 g/mol. The molecule has 1 aromatic carbocycles. The van der Waals surface area contributed by atoms with Crippen molar-refractivity contribution in [1.82, 2.24) is 10.2 Å². The Kier molecular flexibility index (Phi) is 5.83. The van der Waals surface area contributed by atoms with Crippen LogP contribution in [0.3, 0.4) is 0 Å². The van der Waals surface area contributed by atoms with Crippen LogP contribution in [0.5, 0.6) is 0 Å². The molecule has 0 bridgehead atoms. The standard InChI is InChI=1S/C16H28N2/c1-12(2)16(18(5)6)11-17-14(4)15-10-8-7-9-13(15)3/h7-10,12,14,16-17H,11H2,1-6H3. The summed E-state index contributed by atoms with van der Waals surface area (Å²) in [6.07, 6.45) is 0. The number of hydrogen-bond acceptors (Lipinski definition) is 2. The molecule has 2 heteroatoms. The third-order valence-corrected chi connectivity index (χ3v) is 3.72. The SMILES string of the molecule is Cc1ccccc1C(C)NCC(C(C)C)N(C)C. The number of likely N-dealkylation sites (N-methyl/N-ethyl adjacent to an activating group) is 1. The van der Waals surface area contributed by atoms with Gasteiger partial charge < -0.3 is 10.2 Å². The molecule has 2 unspecified atom stereocenters. The molecule has 0 fully saturated rings. The second-order valence-electron chi connectivity index (χ2n) is 5.76. The summed E-state index contributed by atoms with van der Waals surface area (Å²) >= 11 is 0. The minimum atomic E-state index is 0.410. The van der Waals surface area contributed by atoms with Gasteiger partial charge in [-0.25, -0.2) is 0 Å². The maximum absolute atomic E-state index is 3.66. The molecule has 0 saturated heterocycles. The molecule has 0 aromatic heterocycles. The van der Waals surface area contributed by atoms with Crippen molar-refractivity contribution in [1.29, 1.82) is 0 Å². The van der Waals surface area contributed by atoms with E-state index in [0.29, 0.717) is 18.0 Å². The van der Waals surface area contributed by atoms with E-state index >= 15 is 0 Å². The van der Waals surface area contributed by atoms with Crippen LogP contribution in [0.15, 0.2) is 24.3 Å². The van der Waals surface area contributed by atoms with E-state index in [9.17, 15) is 0 Å². The molecule has 0 aliphatic carbocycles. The quantitative estimate of drug-likeness (QED) is 0.831. The van der Waals surface area contributed by atoms with Gasteiger partial charge in [0.1, 0.15) is 0 Å². The molecule has 0 aliphatic heterocycles. The van der Waals surface area contributed by atoms with Crippen molar-refractivity contribution in [2.45, 2.75) is 39.8 Å². The number of rotatable bonds is 6. The van der Waals surface area contributed by atoms with Crippen molar-refractivity contribution < 1.29 is 0 Å². The summed E-state index contributed by atoms with van der Waals surface area (Å²) in [6.45, 7) is 10.0. The normalized spacial score (nSPS) is 15.1. The van der Waals surface area contributed by atoms with Gasteiger partial charge in [-0.3, -0.25) is 0 Å². The lowest BCUT2D eigenvalue weighted by Gasteiger charge is -2.30. The maximum atomic E-state index is 3.66. The molecule has 1 N–H and O–H groups in total. The Hall–Kier alpha value is -0.860. The van der Waals surface area contributed by atoms with Crippen LogP contribution < -0.4 is 5.32 Å². The molecule has 0 saturated carbocycles. The smallest absolute Gasteiger partial charge is 0.0295 e. The molecule has 1 aromatic rings. The molecule has 102 valence electrons. The van der Waals surface area contributed by atoms with E-state index in [1.54, 1.807) is 0 Å². The van der Waals surface area contributed by atoms with E-state index in [0.717, 1.165) is 6.54 Å². The van der Waals surface area contributed by atoms with E-state index < -0.39 is 0 Å². The van der Waals surface area contributed by atoms with E-state index in [1.807, 2.05) is 0 Å². The van der Waals surface area contributed by atoms with Crippen LogP contribution in [-0.2, 0) is 0 Å². The van der Waals surface area contributed by atoms with Crippen molar-refractivity contribution in [3.8, 4) is 0 Å². The maximum Gasteiger partial charge on any atom is 0.0295 e. The Labute approximate surface area is 112 Å². The van der Waals surface area contributed by atoms with E-state index in [4.69, 9.17) is 0 Å². The molecule has 0 aliphatic rings. The van der Waals surface area contributed by atoms with Gasteiger partial charge in [-0.1, -0.05) is 38.1 Å². The van der Waals surface area contributed by atoms with Crippen LogP contribution in [-0.4, -0.2) is 31.6 Å². The summed E-state index contributed by atoms with van der Waals surface area (Å²) in [5.41, 5.74) is 2.77. The first-order valence-corrected chi connectivity index (χ1v) is 6.88. The van der Waals surface area contributed by atoms with Crippen molar-refractivity contribution >= 4 is 0 Å².